The molecule has 1 N–H and O–H groups in total. The summed E-state index contributed by atoms with van der Waals surface area (Å²) in [7, 11) is 1.83. The molecular formula is C14H21ClN2O2. The summed E-state index contributed by atoms with van der Waals surface area (Å²) in [5.74, 6) is 0.0661. The molecule has 0 fully saturated rings. The van der Waals surface area contributed by atoms with Crippen LogP contribution in [0.5, 0.6) is 0 Å². The number of benzene rings is 1. The van der Waals surface area contributed by atoms with Crippen LogP contribution in [0.4, 0.5) is 5.69 Å². The summed E-state index contributed by atoms with van der Waals surface area (Å²) < 4.78 is 0. The number of carbonyl (C=O) groups excluding carboxylic acids is 1. The van der Waals surface area contributed by atoms with Gasteiger partial charge in [0.15, 0.2) is 0 Å². The molecule has 0 aliphatic rings. The molecule has 0 saturated heterocycles. The molecule has 0 bridgehead atoms. The van der Waals surface area contributed by atoms with Crippen LogP contribution in [0.15, 0.2) is 18.2 Å². The van der Waals surface area contributed by atoms with Crippen LogP contribution in [0.25, 0.3) is 0 Å². The fraction of sp³-hybridized carbons (Fsp3) is 0.500. The van der Waals surface area contributed by atoms with Crippen LogP contribution in [-0.4, -0.2) is 42.6 Å². The highest BCUT2D eigenvalue weighted by Gasteiger charge is 2.15. The van der Waals surface area contributed by atoms with Gasteiger partial charge in [-0.05, 0) is 26.0 Å². The van der Waals surface area contributed by atoms with Crippen molar-refractivity contribution in [2.24, 2.45) is 0 Å². The fourth-order valence-corrected chi connectivity index (χ4v) is 2.26. The molecule has 0 unspecified atom stereocenters. The Bertz CT molecular complexity index is 433. The van der Waals surface area contributed by atoms with E-state index in [1.54, 1.807) is 11.0 Å². The molecule has 106 valence electrons. The number of halogens is 1. The third-order valence-electron chi connectivity index (χ3n) is 3.15. The van der Waals surface area contributed by atoms with Crippen molar-refractivity contribution >= 4 is 23.2 Å². The maximum Gasteiger partial charge on any atom is 0.242 e. The second-order valence-electron chi connectivity index (χ2n) is 4.32. The monoisotopic (exact) mass is 284 g/mol. The summed E-state index contributed by atoms with van der Waals surface area (Å²) in [6, 6.07) is 5.40. The molecule has 0 aromatic heterocycles. The van der Waals surface area contributed by atoms with Gasteiger partial charge in [-0.1, -0.05) is 17.7 Å². The minimum atomic E-state index is -0.140. The molecule has 0 heterocycles. The largest absolute Gasteiger partial charge is 0.392 e. The van der Waals surface area contributed by atoms with Gasteiger partial charge in [-0.25, -0.2) is 0 Å². The van der Waals surface area contributed by atoms with Crippen molar-refractivity contribution in [1.29, 1.82) is 0 Å². The third kappa shape index (κ3) is 3.85. The number of rotatable bonds is 6. The first-order valence-corrected chi connectivity index (χ1v) is 6.80. The Morgan fingerprint density at radius 1 is 1.32 bits per heavy atom. The molecule has 1 aromatic carbocycles. The van der Waals surface area contributed by atoms with Gasteiger partial charge in [0, 0.05) is 36.4 Å². The smallest absolute Gasteiger partial charge is 0.242 e. The average Bonchev–Trinajstić information content (AvgIpc) is 2.39. The lowest BCUT2D eigenvalue weighted by Gasteiger charge is -2.26. The SMILES string of the molecule is CCN(CC)C(=O)CN(C)c1cccc(Cl)c1CO. The molecule has 19 heavy (non-hydrogen) atoms. The van der Waals surface area contributed by atoms with E-state index in [0.717, 1.165) is 5.69 Å². The first kappa shape index (κ1) is 15.8. The van der Waals surface area contributed by atoms with Crippen molar-refractivity contribution in [2.45, 2.75) is 20.5 Å². The molecule has 1 amide bonds. The van der Waals surface area contributed by atoms with Crippen LogP contribution in [-0.2, 0) is 11.4 Å². The number of amides is 1. The lowest BCUT2D eigenvalue weighted by Crippen LogP contribution is -2.39. The van der Waals surface area contributed by atoms with Crippen molar-refractivity contribution in [3.8, 4) is 0 Å². The Kier molecular flexibility index (Phi) is 6.12. The number of carbonyl (C=O) groups is 1. The highest BCUT2D eigenvalue weighted by molar-refractivity contribution is 6.31. The molecule has 4 nitrogen and oxygen atoms in total. The quantitative estimate of drug-likeness (QED) is 0.870. The van der Waals surface area contributed by atoms with E-state index in [1.807, 2.05) is 37.9 Å². The summed E-state index contributed by atoms with van der Waals surface area (Å²) in [6.45, 7) is 5.45. The van der Waals surface area contributed by atoms with E-state index in [2.05, 4.69) is 0 Å². The van der Waals surface area contributed by atoms with Gasteiger partial charge in [0.05, 0.1) is 13.2 Å². The zero-order chi connectivity index (χ0) is 14.4. The summed E-state index contributed by atoms with van der Waals surface area (Å²) in [5, 5.41) is 9.89. The van der Waals surface area contributed by atoms with E-state index in [1.165, 1.54) is 0 Å². The van der Waals surface area contributed by atoms with Crippen molar-refractivity contribution < 1.29 is 9.90 Å². The summed E-state index contributed by atoms with van der Waals surface area (Å²) >= 11 is 6.05. The Labute approximate surface area is 119 Å². The molecule has 5 heteroatoms. The number of anilines is 1. The predicted octanol–water partition coefficient (Wildman–Crippen LogP) is 2.14. The molecule has 0 atom stereocenters. The standard InChI is InChI=1S/C14H21ClN2O2/c1-4-17(5-2)14(19)9-16(3)13-8-6-7-12(15)11(13)10-18/h6-8,18H,4-5,9-10H2,1-3H3. The van der Waals surface area contributed by atoms with E-state index in [4.69, 9.17) is 11.6 Å². The molecule has 0 aliphatic carbocycles. The maximum atomic E-state index is 12.1. The van der Waals surface area contributed by atoms with E-state index in [9.17, 15) is 9.90 Å². The van der Waals surface area contributed by atoms with E-state index >= 15 is 0 Å². The summed E-state index contributed by atoms with van der Waals surface area (Å²) in [5.41, 5.74) is 1.44. The molecule has 0 aliphatic heterocycles. The molecule has 1 aromatic rings. The first-order valence-electron chi connectivity index (χ1n) is 6.42. The minimum Gasteiger partial charge on any atom is -0.392 e. The van der Waals surface area contributed by atoms with E-state index < -0.39 is 0 Å². The van der Waals surface area contributed by atoms with Gasteiger partial charge in [-0.3, -0.25) is 4.79 Å². The lowest BCUT2D eigenvalue weighted by atomic mass is 10.1. The zero-order valence-electron chi connectivity index (χ0n) is 11.7. The lowest BCUT2D eigenvalue weighted by molar-refractivity contribution is -0.129. The van der Waals surface area contributed by atoms with Gasteiger partial charge in [0.2, 0.25) is 5.91 Å². The van der Waals surface area contributed by atoms with Crippen molar-refractivity contribution in [2.75, 3.05) is 31.6 Å². The molecule has 0 spiro atoms. The Balaban J connectivity index is 2.86. The van der Waals surface area contributed by atoms with Gasteiger partial charge < -0.3 is 14.9 Å². The third-order valence-corrected chi connectivity index (χ3v) is 3.51. The van der Waals surface area contributed by atoms with Crippen LogP contribution in [0.3, 0.4) is 0 Å². The van der Waals surface area contributed by atoms with Gasteiger partial charge >= 0.3 is 0 Å². The highest BCUT2D eigenvalue weighted by Crippen LogP contribution is 2.26. The van der Waals surface area contributed by atoms with E-state index in [-0.39, 0.29) is 19.1 Å². The zero-order valence-corrected chi connectivity index (χ0v) is 12.4. The normalized spacial score (nSPS) is 10.4. The number of aliphatic hydroxyl groups excluding tert-OH is 1. The number of hydrogen-bond donors (Lipinski definition) is 1. The van der Waals surface area contributed by atoms with Crippen LogP contribution < -0.4 is 4.90 Å². The van der Waals surface area contributed by atoms with Gasteiger partial charge in [-0.2, -0.15) is 0 Å². The Morgan fingerprint density at radius 2 is 1.95 bits per heavy atom. The number of likely N-dealkylation sites (N-methyl/N-ethyl adjacent to an activating group) is 2. The van der Waals surface area contributed by atoms with Gasteiger partial charge in [0.1, 0.15) is 0 Å². The topological polar surface area (TPSA) is 43.8 Å². The second kappa shape index (κ2) is 7.36. The fourth-order valence-electron chi connectivity index (χ4n) is 2.03. The number of aliphatic hydroxyl groups is 1. The molecule has 0 saturated carbocycles. The van der Waals surface area contributed by atoms with Crippen LogP contribution in [0.1, 0.15) is 19.4 Å². The maximum absolute atomic E-state index is 12.1. The Hall–Kier alpha value is -1.26. The van der Waals surface area contributed by atoms with Crippen molar-refractivity contribution in [1.82, 2.24) is 4.90 Å². The van der Waals surface area contributed by atoms with Crippen LogP contribution >= 0.6 is 11.6 Å². The Morgan fingerprint density at radius 3 is 2.47 bits per heavy atom. The van der Waals surface area contributed by atoms with Crippen LogP contribution in [0.2, 0.25) is 5.02 Å². The summed E-state index contributed by atoms with van der Waals surface area (Å²) in [6.07, 6.45) is 0. The first-order chi connectivity index (χ1) is 9.04. The minimum absolute atomic E-state index is 0.0661. The molecule has 1 rings (SSSR count). The number of hydrogen-bond acceptors (Lipinski definition) is 3. The van der Waals surface area contributed by atoms with Gasteiger partial charge in [-0.15, -0.1) is 0 Å². The van der Waals surface area contributed by atoms with Crippen LogP contribution in [0, 0.1) is 0 Å². The number of nitrogens with zero attached hydrogens (tertiary/aromatic N) is 2. The molecule has 0 radical (unpaired) electrons. The van der Waals surface area contributed by atoms with Crippen molar-refractivity contribution in [3.05, 3.63) is 28.8 Å². The highest BCUT2D eigenvalue weighted by atomic mass is 35.5. The molecular weight excluding hydrogens is 264 g/mol. The van der Waals surface area contributed by atoms with Crippen molar-refractivity contribution in [3.63, 3.8) is 0 Å². The average molecular weight is 285 g/mol. The van der Waals surface area contributed by atoms with Gasteiger partial charge in [0.25, 0.3) is 0 Å². The summed E-state index contributed by atoms with van der Waals surface area (Å²) in [4.78, 5) is 15.7. The van der Waals surface area contributed by atoms with E-state index in [0.29, 0.717) is 23.7 Å². The predicted molar refractivity (Wildman–Crippen MR) is 78.6 cm³/mol. The second-order valence-corrected chi connectivity index (χ2v) is 4.72.